The summed E-state index contributed by atoms with van der Waals surface area (Å²) < 4.78 is 0. The monoisotopic (exact) mass is 260 g/mol. The van der Waals surface area contributed by atoms with E-state index in [0.717, 1.165) is 24.9 Å². The Morgan fingerprint density at radius 2 is 1.81 bits per heavy atom. The van der Waals surface area contributed by atoms with E-state index < -0.39 is 0 Å². The van der Waals surface area contributed by atoms with Crippen molar-refractivity contribution in [1.82, 2.24) is 4.90 Å². The Kier molecular flexibility index (Phi) is 5.56. The van der Waals surface area contributed by atoms with Crippen LogP contribution in [0.2, 0.25) is 10.0 Å². The number of hydrogen-bond acceptors (Lipinski definition) is 2. The SMILES string of the molecule is CN(C)CCC(N)Cc1c(Cl)cccc1Cl. The van der Waals surface area contributed by atoms with Crippen molar-refractivity contribution in [3.8, 4) is 0 Å². The topological polar surface area (TPSA) is 29.3 Å². The molecule has 1 unspecified atom stereocenters. The van der Waals surface area contributed by atoms with E-state index in [1.54, 1.807) is 0 Å². The Balaban J connectivity index is 2.59. The second-order valence-corrected chi connectivity index (χ2v) is 5.07. The van der Waals surface area contributed by atoms with Gasteiger partial charge in [0.1, 0.15) is 0 Å². The molecule has 16 heavy (non-hydrogen) atoms. The number of nitrogens with two attached hydrogens (primary N) is 1. The average Bonchev–Trinajstić information content (AvgIpc) is 2.21. The largest absolute Gasteiger partial charge is 0.327 e. The third-order valence-electron chi connectivity index (χ3n) is 2.48. The van der Waals surface area contributed by atoms with E-state index >= 15 is 0 Å². The molecule has 4 heteroatoms. The molecule has 0 aliphatic carbocycles. The lowest BCUT2D eigenvalue weighted by Gasteiger charge is -2.16. The molecule has 1 rings (SSSR count). The maximum absolute atomic E-state index is 6.09. The van der Waals surface area contributed by atoms with Crippen LogP contribution in [0.15, 0.2) is 18.2 Å². The summed E-state index contributed by atoms with van der Waals surface area (Å²) in [5.74, 6) is 0. The van der Waals surface area contributed by atoms with Gasteiger partial charge in [-0.1, -0.05) is 29.3 Å². The molecular weight excluding hydrogens is 243 g/mol. The maximum Gasteiger partial charge on any atom is 0.0453 e. The molecule has 1 atom stereocenters. The fourth-order valence-corrected chi connectivity index (χ4v) is 2.07. The van der Waals surface area contributed by atoms with Crippen molar-refractivity contribution in [2.45, 2.75) is 18.9 Å². The molecule has 0 amide bonds. The maximum atomic E-state index is 6.09. The normalized spacial score (nSPS) is 13.1. The molecule has 0 radical (unpaired) electrons. The lowest BCUT2D eigenvalue weighted by Crippen LogP contribution is -2.28. The van der Waals surface area contributed by atoms with Crippen molar-refractivity contribution in [3.05, 3.63) is 33.8 Å². The van der Waals surface area contributed by atoms with Gasteiger partial charge in [-0.3, -0.25) is 0 Å². The molecule has 2 nitrogen and oxygen atoms in total. The van der Waals surface area contributed by atoms with Crippen molar-refractivity contribution in [2.75, 3.05) is 20.6 Å². The first kappa shape index (κ1) is 13.8. The molecule has 0 bridgehead atoms. The summed E-state index contributed by atoms with van der Waals surface area (Å²) in [5, 5.41) is 1.40. The molecule has 1 aromatic rings. The summed E-state index contributed by atoms with van der Waals surface area (Å²) >= 11 is 12.2. The summed E-state index contributed by atoms with van der Waals surface area (Å²) in [6, 6.07) is 5.64. The van der Waals surface area contributed by atoms with E-state index in [2.05, 4.69) is 4.90 Å². The molecule has 0 aliphatic heterocycles. The smallest absolute Gasteiger partial charge is 0.0453 e. The van der Waals surface area contributed by atoms with Crippen LogP contribution in [0.4, 0.5) is 0 Å². The average molecular weight is 261 g/mol. The van der Waals surface area contributed by atoms with Crippen LogP contribution >= 0.6 is 23.2 Å². The lowest BCUT2D eigenvalue weighted by molar-refractivity contribution is 0.379. The van der Waals surface area contributed by atoms with Gasteiger partial charge in [-0.05, 0) is 51.2 Å². The van der Waals surface area contributed by atoms with Gasteiger partial charge in [-0.15, -0.1) is 0 Å². The van der Waals surface area contributed by atoms with Crippen LogP contribution in [-0.2, 0) is 6.42 Å². The van der Waals surface area contributed by atoms with Gasteiger partial charge in [-0.2, -0.15) is 0 Å². The van der Waals surface area contributed by atoms with Crippen LogP contribution in [0, 0.1) is 0 Å². The Morgan fingerprint density at radius 1 is 1.25 bits per heavy atom. The Hall–Kier alpha value is -0.280. The molecule has 0 aliphatic rings. The molecule has 1 aromatic carbocycles. The summed E-state index contributed by atoms with van der Waals surface area (Å²) in [6.45, 7) is 0.975. The minimum Gasteiger partial charge on any atom is -0.327 e. The zero-order chi connectivity index (χ0) is 12.1. The molecule has 0 saturated heterocycles. The Bertz CT molecular complexity index is 320. The zero-order valence-electron chi connectivity index (χ0n) is 9.71. The number of nitrogens with zero attached hydrogens (tertiary/aromatic N) is 1. The molecule has 0 heterocycles. The van der Waals surface area contributed by atoms with Crippen molar-refractivity contribution >= 4 is 23.2 Å². The zero-order valence-corrected chi connectivity index (χ0v) is 11.2. The van der Waals surface area contributed by atoms with Crippen LogP contribution < -0.4 is 5.73 Å². The fraction of sp³-hybridized carbons (Fsp3) is 0.500. The first-order valence-corrected chi connectivity index (χ1v) is 6.09. The second-order valence-electron chi connectivity index (χ2n) is 4.26. The highest BCUT2D eigenvalue weighted by molar-refractivity contribution is 6.35. The van der Waals surface area contributed by atoms with E-state index in [-0.39, 0.29) is 6.04 Å². The number of hydrogen-bond donors (Lipinski definition) is 1. The quantitative estimate of drug-likeness (QED) is 0.883. The van der Waals surface area contributed by atoms with Crippen LogP contribution in [0.3, 0.4) is 0 Å². The van der Waals surface area contributed by atoms with Gasteiger partial charge in [-0.25, -0.2) is 0 Å². The molecule has 0 spiro atoms. The third-order valence-corrected chi connectivity index (χ3v) is 3.18. The van der Waals surface area contributed by atoms with Crippen LogP contribution in [0.25, 0.3) is 0 Å². The predicted octanol–water partition coefficient (Wildman–Crippen LogP) is 2.81. The van der Waals surface area contributed by atoms with Crippen LogP contribution in [0.5, 0.6) is 0 Å². The standard InChI is InChI=1S/C12H18Cl2N2/c1-16(2)7-6-9(15)8-10-11(13)4-3-5-12(10)14/h3-5,9H,6-8,15H2,1-2H3. The Morgan fingerprint density at radius 3 is 2.31 bits per heavy atom. The molecule has 2 N–H and O–H groups in total. The van der Waals surface area contributed by atoms with Crippen molar-refractivity contribution in [1.29, 1.82) is 0 Å². The fourth-order valence-electron chi connectivity index (χ4n) is 1.52. The molecule has 0 aromatic heterocycles. The van der Waals surface area contributed by atoms with Crippen molar-refractivity contribution < 1.29 is 0 Å². The van der Waals surface area contributed by atoms with Gasteiger partial charge in [0.05, 0.1) is 0 Å². The van der Waals surface area contributed by atoms with Gasteiger partial charge < -0.3 is 10.6 Å². The molecular formula is C12H18Cl2N2. The number of benzene rings is 1. The van der Waals surface area contributed by atoms with Crippen molar-refractivity contribution in [2.24, 2.45) is 5.73 Å². The predicted molar refractivity (Wildman–Crippen MR) is 71.3 cm³/mol. The number of rotatable bonds is 5. The van der Waals surface area contributed by atoms with Gasteiger partial charge in [0.25, 0.3) is 0 Å². The molecule has 0 saturated carbocycles. The van der Waals surface area contributed by atoms with E-state index in [1.165, 1.54) is 0 Å². The first-order chi connectivity index (χ1) is 7.50. The molecule has 0 fully saturated rings. The van der Waals surface area contributed by atoms with Gasteiger partial charge >= 0.3 is 0 Å². The first-order valence-electron chi connectivity index (χ1n) is 5.34. The lowest BCUT2D eigenvalue weighted by atomic mass is 10.0. The van der Waals surface area contributed by atoms with Crippen LogP contribution in [0.1, 0.15) is 12.0 Å². The highest BCUT2D eigenvalue weighted by Crippen LogP contribution is 2.25. The Labute approximate surface area is 107 Å². The van der Waals surface area contributed by atoms with Crippen LogP contribution in [-0.4, -0.2) is 31.6 Å². The highest BCUT2D eigenvalue weighted by Gasteiger charge is 2.10. The van der Waals surface area contributed by atoms with Crippen molar-refractivity contribution in [3.63, 3.8) is 0 Å². The van der Waals surface area contributed by atoms with E-state index in [1.807, 2.05) is 32.3 Å². The summed E-state index contributed by atoms with van der Waals surface area (Å²) in [4.78, 5) is 2.12. The second kappa shape index (κ2) is 6.45. The van der Waals surface area contributed by atoms with Gasteiger partial charge in [0.2, 0.25) is 0 Å². The minimum atomic E-state index is 0.0970. The highest BCUT2D eigenvalue weighted by atomic mass is 35.5. The number of halogens is 2. The summed E-state index contributed by atoms with van der Waals surface area (Å²) in [6.07, 6.45) is 1.67. The van der Waals surface area contributed by atoms with Gasteiger partial charge in [0, 0.05) is 16.1 Å². The van der Waals surface area contributed by atoms with Gasteiger partial charge in [0.15, 0.2) is 0 Å². The van der Waals surface area contributed by atoms with E-state index in [4.69, 9.17) is 28.9 Å². The molecule has 90 valence electrons. The van der Waals surface area contributed by atoms with E-state index in [9.17, 15) is 0 Å². The van der Waals surface area contributed by atoms with E-state index in [0.29, 0.717) is 10.0 Å². The minimum absolute atomic E-state index is 0.0970. The summed E-state index contributed by atoms with van der Waals surface area (Å²) in [7, 11) is 4.07. The third kappa shape index (κ3) is 4.30. The summed E-state index contributed by atoms with van der Waals surface area (Å²) in [5.41, 5.74) is 7.00.